The number of nitriles is 1. The summed E-state index contributed by atoms with van der Waals surface area (Å²) in [7, 11) is 2.02. The molecule has 5 aromatic carbocycles. The Labute approximate surface area is 206 Å². The van der Waals surface area contributed by atoms with Gasteiger partial charge in [0.1, 0.15) is 0 Å². The largest absolute Gasteiger partial charge is 0.345 e. The average molecular weight is 452 g/mol. The van der Waals surface area contributed by atoms with E-state index < -0.39 is 0 Å². The van der Waals surface area contributed by atoms with Crippen LogP contribution in [0.5, 0.6) is 0 Å². The van der Waals surface area contributed by atoms with Crippen molar-refractivity contribution in [2.75, 3.05) is 16.8 Å². The molecule has 0 heterocycles. The molecule has 3 heteroatoms. The summed E-state index contributed by atoms with van der Waals surface area (Å²) in [6, 6.07) is 47.9. The summed E-state index contributed by atoms with van der Waals surface area (Å²) in [6.45, 7) is 0. The minimum Gasteiger partial charge on any atom is -0.345 e. The number of hydrogen-bond donors (Lipinski definition) is 0. The summed E-state index contributed by atoms with van der Waals surface area (Å²) < 4.78 is 0. The van der Waals surface area contributed by atoms with E-state index >= 15 is 0 Å². The predicted molar refractivity (Wildman–Crippen MR) is 146 cm³/mol. The molecule has 0 unspecified atom stereocenters. The van der Waals surface area contributed by atoms with E-state index in [4.69, 9.17) is 0 Å². The molecule has 0 amide bonds. The van der Waals surface area contributed by atoms with Crippen molar-refractivity contribution in [2.24, 2.45) is 0 Å². The second-order valence-corrected chi connectivity index (χ2v) is 8.32. The molecule has 5 aromatic rings. The van der Waals surface area contributed by atoms with Crippen molar-refractivity contribution in [3.05, 3.63) is 139 Å². The van der Waals surface area contributed by atoms with Crippen molar-refractivity contribution < 1.29 is 0 Å². The van der Waals surface area contributed by atoms with Crippen LogP contribution >= 0.6 is 0 Å². The Hall–Kier alpha value is -4.81. The van der Waals surface area contributed by atoms with Gasteiger partial charge in [-0.1, -0.05) is 66.7 Å². The smallest absolute Gasteiger partial charge is 0.0992 e. The number of hydrogen-bond acceptors (Lipinski definition) is 3. The van der Waals surface area contributed by atoms with Crippen LogP contribution in [-0.2, 0) is 0 Å². The van der Waals surface area contributed by atoms with Crippen LogP contribution in [0.25, 0.3) is 11.1 Å². The maximum atomic E-state index is 9.19. The fourth-order valence-corrected chi connectivity index (χ4v) is 4.21. The van der Waals surface area contributed by atoms with Crippen LogP contribution in [0.2, 0.25) is 0 Å². The van der Waals surface area contributed by atoms with Gasteiger partial charge in [0.05, 0.1) is 11.6 Å². The zero-order valence-corrected chi connectivity index (χ0v) is 19.5. The zero-order chi connectivity index (χ0) is 24.0. The topological polar surface area (TPSA) is 30.3 Å². The van der Waals surface area contributed by atoms with Crippen molar-refractivity contribution in [1.29, 1.82) is 5.26 Å². The summed E-state index contributed by atoms with van der Waals surface area (Å²) in [5.74, 6) is 0. The fourth-order valence-electron chi connectivity index (χ4n) is 4.21. The Kier molecular flexibility index (Phi) is 6.28. The van der Waals surface area contributed by atoms with Gasteiger partial charge in [0.2, 0.25) is 0 Å². The molecule has 0 atom stereocenters. The Morgan fingerprint density at radius 1 is 0.486 bits per heavy atom. The third-order valence-electron chi connectivity index (χ3n) is 6.10. The van der Waals surface area contributed by atoms with Crippen molar-refractivity contribution in [3.63, 3.8) is 0 Å². The highest BCUT2D eigenvalue weighted by Gasteiger charge is 2.12. The molecule has 0 radical (unpaired) electrons. The van der Waals surface area contributed by atoms with Gasteiger partial charge < -0.3 is 9.80 Å². The summed E-state index contributed by atoms with van der Waals surface area (Å²) in [6.07, 6.45) is 0. The van der Waals surface area contributed by atoms with Gasteiger partial charge in [-0.2, -0.15) is 5.26 Å². The van der Waals surface area contributed by atoms with Gasteiger partial charge in [-0.05, 0) is 77.9 Å². The predicted octanol–water partition coefficient (Wildman–Crippen LogP) is 8.46. The van der Waals surface area contributed by atoms with E-state index in [1.807, 2.05) is 43.4 Å². The molecule has 35 heavy (non-hydrogen) atoms. The number of nitrogens with zero attached hydrogens (tertiary/aromatic N) is 3. The third kappa shape index (κ3) is 4.78. The standard InChI is InChI=1S/C32H25N3/c1-34(32-14-8-9-25(23-32)24-33)28-19-15-26(16-20-28)27-17-21-31(22-18-27)35(29-10-4-2-5-11-29)30-12-6-3-7-13-30/h2-23H,1H3. The molecule has 0 aromatic heterocycles. The molecule has 0 bridgehead atoms. The van der Waals surface area contributed by atoms with Crippen LogP contribution in [0.1, 0.15) is 5.56 Å². The first-order valence-corrected chi connectivity index (χ1v) is 11.6. The van der Waals surface area contributed by atoms with Crippen molar-refractivity contribution in [3.8, 4) is 17.2 Å². The van der Waals surface area contributed by atoms with Gasteiger partial charge in [0.25, 0.3) is 0 Å². The van der Waals surface area contributed by atoms with Crippen LogP contribution < -0.4 is 9.80 Å². The van der Waals surface area contributed by atoms with Gasteiger partial charge in [-0.15, -0.1) is 0 Å². The molecule has 5 rings (SSSR count). The molecule has 0 saturated heterocycles. The van der Waals surface area contributed by atoms with Gasteiger partial charge in [-0.25, -0.2) is 0 Å². The minimum atomic E-state index is 0.658. The van der Waals surface area contributed by atoms with Crippen molar-refractivity contribution >= 4 is 28.4 Å². The second kappa shape index (κ2) is 9.99. The molecule has 0 aliphatic carbocycles. The SMILES string of the molecule is CN(c1ccc(-c2ccc(N(c3ccccc3)c3ccccc3)cc2)cc1)c1cccc(C#N)c1. The first kappa shape index (κ1) is 22.0. The molecular formula is C32H25N3. The lowest BCUT2D eigenvalue weighted by atomic mass is 10.0. The summed E-state index contributed by atoms with van der Waals surface area (Å²) >= 11 is 0. The van der Waals surface area contributed by atoms with E-state index in [9.17, 15) is 5.26 Å². The lowest BCUT2D eigenvalue weighted by Gasteiger charge is -2.25. The first-order chi connectivity index (χ1) is 17.2. The van der Waals surface area contributed by atoms with Crippen LogP contribution in [0.4, 0.5) is 28.4 Å². The number of benzene rings is 5. The van der Waals surface area contributed by atoms with E-state index in [2.05, 4.69) is 113 Å². The Morgan fingerprint density at radius 3 is 1.46 bits per heavy atom. The second-order valence-electron chi connectivity index (χ2n) is 8.32. The molecular weight excluding hydrogens is 426 g/mol. The molecule has 0 saturated carbocycles. The zero-order valence-electron chi connectivity index (χ0n) is 19.5. The highest BCUT2D eigenvalue weighted by Crippen LogP contribution is 2.35. The van der Waals surface area contributed by atoms with Crippen LogP contribution in [0.3, 0.4) is 0 Å². The van der Waals surface area contributed by atoms with E-state index in [1.165, 1.54) is 0 Å². The molecule has 168 valence electrons. The van der Waals surface area contributed by atoms with E-state index in [0.717, 1.165) is 39.6 Å². The lowest BCUT2D eigenvalue weighted by Crippen LogP contribution is -2.09. The molecule has 0 aliphatic rings. The van der Waals surface area contributed by atoms with Gasteiger partial charge in [-0.3, -0.25) is 0 Å². The van der Waals surface area contributed by atoms with Gasteiger partial charge in [0, 0.05) is 35.5 Å². The van der Waals surface area contributed by atoms with E-state index in [0.29, 0.717) is 5.56 Å². The molecule has 0 aliphatic heterocycles. The maximum Gasteiger partial charge on any atom is 0.0992 e. The van der Waals surface area contributed by atoms with Crippen LogP contribution in [-0.4, -0.2) is 7.05 Å². The van der Waals surface area contributed by atoms with Gasteiger partial charge >= 0.3 is 0 Å². The average Bonchev–Trinajstić information content (AvgIpc) is 2.94. The van der Waals surface area contributed by atoms with Crippen LogP contribution in [0, 0.1) is 11.3 Å². The Morgan fingerprint density at radius 2 is 0.943 bits per heavy atom. The van der Waals surface area contributed by atoms with E-state index in [1.54, 1.807) is 0 Å². The maximum absolute atomic E-state index is 9.19. The Balaban J connectivity index is 1.40. The molecule has 0 fully saturated rings. The monoisotopic (exact) mass is 451 g/mol. The van der Waals surface area contributed by atoms with Gasteiger partial charge in [0.15, 0.2) is 0 Å². The van der Waals surface area contributed by atoms with Crippen LogP contribution in [0.15, 0.2) is 133 Å². The fraction of sp³-hybridized carbons (Fsp3) is 0.0312. The number of anilines is 5. The first-order valence-electron chi connectivity index (χ1n) is 11.6. The highest BCUT2D eigenvalue weighted by molar-refractivity contribution is 5.78. The lowest BCUT2D eigenvalue weighted by molar-refractivity contribution is 1.21. The summed E-state index contributed by atoms with van der Waals surface area (Å²) in [4.78, 5) is 4.35. The highest BCUT2D eigenvalue weighted by atomic mass is 15.1. The summed E-state index contributed by atoms with van der Waals surface area (Å²) in [5.41, 5.74) is 8.40. The number of para-hydroxylation sites is 2. The van der Waals surface area contributed by atoms with Crippen molar-refractivity contribution in [1.82, 2.24) is 0 Å². The van der Waals surface area contributed by atoms with Crippen molar-refractivity contribution in [2.45, 2.75) is 0 Å². The minimum absolute atomic E-state index is 0.658. The normalized spacial score (nSPS) is 10.4. The molecule has 0 spiro atoms. The Bertz CT molecular complexity index is 1400. The van der Waals surface area contributed by atoms with E-state index in [-0.39, 0.29) is 0 Å². The molecule has 3 nitrogen and oxygen atoms in total. The quantitative estimate of drug-likeness (QED) is 0.259. The molecule has 0 N–H and O–H groups in total. The number of rotatable bonds is 6. The summed E-state index contributed by atoms with van der Waals surface area (Å²) in [5, 5.41) is 9.19. The third-order valence-corrected chi connectivity index (χ3v) is 6.10.